The second-order valence-corrected chi connectivity index (χ2v) is 6.13. The number of rotatable bonds is 5. The Morgan fingerprint density at radius 3 is 2.58 bits per heavy atom. The number of ether oxygens (including phenoxy) is 1. The molecule has 1 saturated heterocycles. The van der Waals surface area contributed by atoms with E-state index in [9.17, 15) is 13.2 Å². The predicted octanol–water partition coefficient (Wildman–Crippen LogP) is 4.05. The number of nitrogens with zero attached hydrogens (tertiary/aromatic N) is 4. The lowest BCUT2D eigenvalue weighted by Crippen LogP contribution is -2.33. The van der Waals surface area contributed by atoms with Gasteiger partial charge in [0.1, 0.15) is 17.8 Å². The largest absolute Gasteiger partial charge is 0.437 e. The van der Waals surface area contributed by atoms with Crippen molar-refractivity contribution < 1.29 is 17.9 Å². The van der Waals surface area contributed by atoms with Crippen molar-refractivity contribution in [1.82, 2.24) is 19.9 Å². The van der Waals surface area contributed by atoms with E-state index in [1.807, 2.05) is 6.08 Å². The molecule has 2 aromatic rings. The molecule has 26 heavy (non-hydrogen) atoms. The van der Waals surface area contributed by atoms with Gasteiger partial charge in [-0.05, 0) is 44.0 Å². The molecule has 0 bridgehead atoms. The Kier molecular flexibility index (Phi) is 5.51. The standard InChI is InChI=1S/C18H19F3N4O/c1-2-7-25-8-5-13(6-9-25)15-11-22-12-24-17(15)26-14-3-4-16(23-10-14)18(19,20)21/h2-4,10-13H,1,5-9H2. The molecule has 0 radical (unpaired) electrons. The molecular formula is C18H19F3N4O. The zero-order valence-electron chi connectivity index (χ0n) is 14.1. The number of likely N-dealkylation sites (tertiary alicyclic amines) is 1. The molecule has 138 valence electrons. The third-order valence-corrected chi connectivity index (χ3v) is 4.36. The predicted molar refractivity (Wildman–Crippen MR) is 90.0 cm³/mol. The summed E-state index contributed by atoms with van der Waals surface area (Å²) in [7, 11) is 0. The number of halogens is 3. The molecule has 1 aliphatic heterocycles. The van der Waals surface area contributed by atoms with E-state index >= 15 is 0 Å². The highest BCUT2D eigenvalue weighted by molar-refractivity contribution is 5.32. The van der Waals surface area contributed by atoms with Crippen LogP contribution in [0.5, 0.6) is 11.6 Å². The van der Waals surface area contributed by atoms with Crippen molar-refractivity contribution in [3.8, 4) is 11.6 Å². The molecule has 0 aliphatic carbocycles. The lowest BCUT2D eigenvalue weighted by molar-refractivity contribution is -0.141. The lowest BCUT2D eigenvalue weighted by atomic mass is 9.91. The maximum atomic E-state index is 12.6. The van der Waals surface area contributed by atoms with Crippen LogP contribution in [0.25, 0.3) is 0 Å². The van der Waals surface area contributed by atoms with E-state index in [1.165, 1.54) is 12.4 Å². The molecule has 8 heteroatoms. The fourth-order valence-corrected chi connectivity index (χ4v) is 3.02. The van der Waals surface area contributed by atoms with Crippen LogP contribution in [-0.2, 0) is 6.18 Å². The first-order valence-electron chi connectivity index (χ1n) is 8.31. The van der Waals surface area contributed by atoms with Gasteiger partial charge in [-0.3, -0.25) is 4.90 Å². The Bertz CT molecular complexity index is 741. The quantitative estimate of drug-likeness (QED) is 0.749. The summed E-state index contributed by atoms with van der Waals surface area (Å²) in [4.78, 5) is 14.0. The first-order chi connectivity index (χ1) is 12.5. The van der Waals surface area contributed by atoms with E-state index < -0.39 is 11.9 Å². The number of pyridine rings is 1. The molecule has 0 amide bonds. The molecule has 0 saturated carbocycles. The molecule has 1 fully saturated rings. The number of alkyl halides is 3. The highest BCUT2D eigenvalue weighted by Gasteiger charge is 2.32. The van der Waals surface area contributed by atoms with Gasteiger partial charge in [-0.15, -0.1) is 6.58 Å². The van der Waals surface area contributed by atoms with Gasteiger partial charge < -0.3 is 4.74 Å². The van der Waals surface area contributed by atoms with Crippen LogP contribution in [0.1, 0.15) is 30.0 Å². The van der Waals surface area contributed by atoms with Crippen LogP contribution in [0.15, 0.2) is 43.5 Å². The molecule has 3 heterocycles. The summed E-state index contributed by atoms with van der Waals surface area (Å²) >= 11 is 0. The number of piperidine rings is 1. The minimum Gasteiger partial charge on any atom is -0.437 e. The topological polar surface area (TPSA) is 51.1 Å². The molecule has 0 atom stereocenters. The Labute approximate surface area is 149 Å². The van der Waals surface area contributed by atoms with Crippen molar-refractivity contribution in [2.24, 2.45) is 0 Å². The van der Waals surface area contributed by atoms with Crippen molar-refractivity contribution in [3.63, 3.8) is 0 Å². The van der Waals surface area contributed by atoms with E-state index in [2.05, 4.69) is 26.4 Å². The maximum absolute atomic E-state index is 12.6. The molecule has 0 aromatic carbocycles. The maximum Gasteiger partial charge on any atom is 0.433 e. The third kappa shape index (κ3) is 4.37. The Morgan fingerprint density at radius 1 is 1.19 bits per heavy atom. The second-order valence-electron chi connectivity index (χ2n) is 6.13. The van der Waals surface area contributed by atoms with Crippen LogP contribution in [0.2, 0.25) is 0 Å². The van der Waals surface area contributed by atoms with Gasteiger partial charge >= 0.3 is 6.18 Å². The van der Waals surface area contributed by atoms with Crippen molar-refractivity contribution in [1.29, 1.82) is 0 Å². The summed E-state index contributed by atoms with van der Waals surface area (Å²) in [5, 5.41) is 0. The van der Waals surface area contributed by atoms with Crippen molar-refractivity contribution in [2.45, 2.75) is 24.9 Å². The van der Waals surface area contributed by atoms with Gasteiger partial charge in [0.25, 0.3) is 0 Å². The summed E-state index contributed by atoms with van der Waals surface area (Å²) in [6, 6.07) is 2.14. The minimum absolute atomic E-state index is 0.210. The lowest BCUT2D eigenvalue weighted by Gasteiger charge is -2.31. The molecule has 5 nitrogen and oxygen atoms in total. The van der Waals surface area contributed by atoms with Crippen molar-refractivity contribution in [3.05, 3.63) is 54.8 Å². The molecule has 0 spiro atoms. The Hall–Kier alpha value is -2.48. The van der Waals surface area contributed by atoms with Crippen LogP contribution < -0.4 is 4.74 Å². The van der Waals surface area contributed by atoms with Crippen LogP contribution in [-0.4, -0.2) is 39.5 Å². The zero-order chi connectivity index (χ0) is 18.6. The summed E-state index contributed by atoms with van der Waals surface area (Å²) in [5.74, 6) is 0.820. The van der Waals surface area contributed by atoms with Gasteiger partial charge in [-0.2, -0.15) is 13.2 Å². The van der Waals surface area contributed by atoms with Crippen LogP contribution in [0.4, 0.5) is 13.2 Å². The SMILES string of the molecule is C=CCN1CCC(c2cncnc2Oc2ccc(C(F)(F)F)nc2)CC1. The summed E-state index contributed by atoms with van der Waals surface area (Å²) in [6.07, 6.45) is 3.42. The third-order valence-electron chi connectivity index (χ3n) is 4.36. The number of aromatic nitrogens is 3. The second kappa shape index (κ2) is 7.82. The normalized spacial score (nSPS) is 16.4. The van der Waals surface area contributed by atoms with Gasteiger partial charge in [-0.1, -0.05) is 6.08 Å². The molecule has 0 unspecified atom stereocenters. The van der Waals surface area contributed by atoms with E-state index in [1.54, 1.807) is 6.20 Å². The van der Waals surface area contributed by atoms with Gasteiger partial charge in [0, 0.05) is 18.3 Å². The van der Waals surface area contributed by atoms with E-state index in [0.717, 1.165) is 50.3 Å². The summed E-state index contributed by atoms with van der Waals surface area (Å²) < 4.78 is 43.5. The van der Waals surface area contributed by atoms with Crippen LogP contribution in [0, 0.1) is 0 Å². The van der Waals surface area contributed by atoms with Crippen molar-refractivity contribution in [2.75, 3.05) is 19.6 Å². The number of hydrogen-bond donors (Lipinski definition) is 0. The molecule has 1 aliphatic rings. The van der Waals surface area contributed by atoms with Crippen LogP contribution in [0.3, 0.4) is 0 Å². The molecule has 2 aromatic heterocycles. The monoisotopic (exact) mass is 364 g/mol. The average Bonchev–Trinajstić information content (AvgIpc) is 2.63. The van der Waals surface area contributed by atoms with E-state index in [4.69, 9.17) is 4.74 Å². The fourth-order valence-electron chi connectivity index (χ4n) is 3.02. The first-order valence-corrected chi connectivity index (χ1v) is 8.31. The van der Waals surface area contributed by atoms with Gasteiger partial charge in [0.05, 0.1) is 6.20 Å². The molecule has 3 rings (SSSR count). The van der Waals surface area contributed by atoms with E-state index in [-0.39, 0.29) is 11.7 Å². The van der Waals surface area contributed by atoms with Crippen LogP contribution >= 0.6 is 0 Å². The van der Waals surface area contributed by atoms with Gasteiger partial charge in [0.2, 0.25) is 5.88 Å². The highest BCUT2D eigenvalue weighted by Crippen LogP contribution is 2.35. The smallest absolute Gasteiger partial charge is 0.433 e. The van der Waals surface area contributed by atoms with Gasteiger partial charge in [-0.25, -0.2) is 15.0 Å². The number of hydrogen-bond acceptors (Lipinski definition) is 5. The highest BCUT2D eigenvalue weighted by atomic mass is 19.4. The van der Waals surface area contributed by atoms with E-state index in [0.29, 0.717) is 5.88 Å². The van der Waals surface area contributed by atoms with Gasteiger partial charge in [0.15, 0.2) is 0 Å². The Balaban J connectivity index is 1.73. The average molecular weight is 364 g/mol. The summed E-state index contributed by atoms with van der Waals surface area (Å²) in [6.45, 7) is 6.49. The Morgan fingerprint density at radius 2 is 1.96 bits per heavy atom. The minimum atomic E-state index is -4.47. The molecule has 0 N–H and O–H groups in total. The van der Waals surface area contributed by atoms with Crippen molar-refractivity contribution >= 4 is 0 Å². The first kappa shape index (κ1) is 18.3. The fraction of sp³-hybridized carbons (Fsp3) is 0.389. The summed E-state index contributed by atoms with van der Waals surface area (Å²) in [5.41, 5.74) is -0.0898. The zero-order valence-corrected chi connectivity index (χ0v) is 14.1. The molecular weight excluding hydrogens is 345 g/mol.